The maximum Gasteiger partial charge on any atom is 0.410 e. The van der Waals surface area contributed by atoms with Crippen LogP contribution in [0.2, 0.25) is 0 Å². The second-order valence-corrected chi connectivity index (χ2v) is 8.40. The van der Waals surface area contributed by atoms with Crippen LogP contribution in [0.25, 0.3) is 0 Å². The van der Waals surface area contributed by atoms with Gasteiger partial charge in [-0.1, -0.05) is 13.3 Å². The highest BCUT2D eigenvalue weighted by molar-refractivity contribution is 5.68. The van der Waals surface area contributed by atoms with E-state index in [1.807, 2.05) is 25.7 Å². The molecule has 1 aliphatic heterocycles. The Morgan fingerprint density at radius 2 is 1.88 bits per heavy atom. The highest BCUT2D eigenvalue weighted by atomic mass is 16.6. The van der Waals surface area contributed by atoms with Crippen molar-refractivity contribution in [2.75, 3.05) is 39.3 Å². The van der Waals surface area contributed by atoms with E-state index < -0.39 is 5.60 Å². The topological polar surface area (TPSA) is 44.8 Å². The number of piperazine rings is 1. The Labute approximate surface area is 148 Å². The molecular formula is C19H37N3O2. The summed E-state index contributed by atoms with van der Waals surface area (Å²) in [5, 5.41) is 3.73. The summed E-state index contributed by atoms with van der Waals surface area (Å²) in [4.78, 5) is 16.4. The molecule has 1 saturated heterocycles. The number of amides is 1. The van der Waals surface area contributed by atoms with Crippen LogP contribution in [-0.4, -0.2) is 66.8 Å². The van der Waals surface area contributed by atoms with E-state index >= 15 is 0 Å². The number of ether oxygens (including phenoxy) is 1. The van der Waals surface area contributed by atoms with Gasteiger partial charge in [-0.3, -0.25) is 4.90 Å². The lowest BCUT2D eigenvalue weighted by Crippen LogP contribution is -2.50. The van der Waals surface area contributed by atoms with Crippen molar-refractivity contribution in [3.05, 3.63) is 0 Å². The molecule has 1 amide bonds. The fourth-order valence-electron chi connectivity index (χ4n) is 3.72. The molecule has 5 heteroatoms. The molecular weight excluding hydrogens is 302 g/mol. The van der Waals surface area contributed by atoms with Crippen molar-refractivity contribution < 1.29 is 9.53 Å². The Morgan fingerprint density at radius 3 is 2.46 bits per heavy atom. The predicted octanol–water partition coefficient (Wildman–Crippen LogP) is 3.10. The van der Waals surface area contributed by atoms with E-state index in [1.54, 1.807) is 0 Å². The van der Waals surface area contributed by atoms with Gasteiger partial charge in [0.15, 0.2) is 0 Å². The Morgan fingerprint density at radius 1 is 1.17 bits per heavy atom. The fraction of sp³-hybridized carbons (Fsp3) is 0.947. The summed E-state index contributed by atoms with van der Waals surface area (Å²) >= 11 is 0. The van der Waals surface area contributed by atoms with Crippen molar-refractivity contribution in [2.45, 2.75) is 71.4 Å². The molecule has 5 nitrogen and oxygen atoms in total. The highest BCUT2D eigenvalue weighted by Gasteiger charge is 2.26. The third-order valence-corrected chi connectivity index (χ3v) is 5.23. The van der Waals surface area contributed by atoms with Gasteiger partial charge in [0.2, 0.25) is 0 Å². The zero-order valence-electron chi connectivity index (χ0n) is 16.1. The van der Waals surface area contributed by atoms with Crippen LogP contribution in [0, 0.1) is 5.92 Å². The lowest BCUT2D eigenvalue weighted by atomic mass is 10.1. The molecule has 0 spiro atoms. The summed E-state index contributed by atoms with van der Waals surface area (Å²) < 4.78 is 5.44. The third kappa shape index (κ3) is 6.60. The van der Waals surface area contributed by atoms with E-state index in [0.717, 1.165) is 51.2 Å². The van der Waals surface area contributed by atoms with Gasteiger partial charge in [-0.2, -0.15) is 0 Å². The van der Waals surface area contributed by atoms with Crippen LogP contribution in [-0.2, 0) is 4.74 Å². The van der Waals surface area contributed by atoms with Crippen molar-refractivity contribution in [3.63, 3.8) is 0 Å². The lowest BCUT2D eigenvalue weighted by Gasteiger charge is -2.35. The first-order valence-electron chi connectivity index (χ1n) is 9.81. The first kappa shape index (κ1) is 19.5. The summed E-state index contributed by atoms with van der Waals surface area (Å²) in [6.07, 6.45) is 6.48. The minimum absolute atomic E-state index is 0.171. The molecule has 1 saturated carbocycles. The summed E-state index contributed by atoms with van der Waals surface area (Å²) in [5.41, 5.74) is -0.406. The molecule has 0 radical (unpaired) electrons. The molecule has 1 N–H and O–H groups in total. The molecule has 1 heterocycles. The Kier molecular flexibility index (Phi) is 7.35. The maximum absolute atomic E-state index is 12.1. The molecule has 0 bridgehead atoms. The summed E-state index contributed by atoms with van der Waals surface area (Å²) in [6, 6.07) is 0.749. The van der Waals surface area contributed by atoms with Crippen LogP contribution in [0.4, 0.5) is 4.79 Å². The molecule has 2 atom stereocenters. The van der Waals surface area contributed by atoms with Crippen LogP contribution < -0.4 is 5.32 Å². The first-order valence-corrected chi connectivity index (χ1v) is 9.81. The largest absolute Gasteiger partial charge is 0.444 e. The molecule has 2 aliphatic rings. The quantitative estimate of drug-likeness (QED) is 0.755. The molecule has 1 aliphatic carbocycles. The number of carbonyl (C=O) groups excluding carboxylic acids is 1. The predicted molar refractivity (Wildman–Crippen MR) is 98.3 cm³/mol. The third-order valence-electron chi connectivity index (χ3n) is 5.23. The van der Waals surface area contributed by atoms with E-state index in [-0.39, 0.29) is 6.09 Å². The lowest BCUT2D eigenvalue weighted by molar-refractivity contribution is 0.0144. The van der Waals surface area contributed by atoms with Crippen LogP contribution in [0.5, 0.6) is 0 Å². The molecule has 24 heavy (non-hydrogen) atoms. The average Bonchev–Trinajstić information content (AvgIpc) is 2.98. The van der Waals surface area contributed by atoms with Gasteiger partial charge in [0.1, 0.15) is 5.60 Å². The van der Waals surface area contributed by atoms with Gasteiger partial charge in [-0.15, -0.1) is 0 Å². The number of hydrogen-bond acceptors (Lipinski definition) is 4. The van der Waals surface area contributed by atoms with Gasteiger partial charge in [-0.25, -0.2) is 4.79 Å². The smallest absolute Gasteiger partial charge is 0.410 e. The minimum atomic E-state index is -0.406. The number of carbonyl (C=O) groups is 1. The van der Waals surface area contributed by atoms with Crippen molar-refractivity contribution in [1.29, 1.82) is 0 Å². The van der Waals surface area contributed by atoms with Crippen LogP contribution in [0.3, 0.4) is 0 Å². The van der Waals surface area contributed by atoms with Gasteiger partial charge in [0, 0.05) is 32.2 Å². The van der Waals surface area contributed by atoms with Crippen LogP contribution in [0.15, 0.2) is 0 Å². The molecule has 2 unspecified atom stereocenters. The van der Waals surface area contributed by atoms with Gasteiger partial charge in [0.05, 0.1) is 0 Å². The van der Waals surface area contributed by atoms with Crippen LogP contribution >= 0.6 is 0 Å². The summed E-state index contributed by atoms with van der Waals surface area (Å²) in [7, 11) is 0. The highest BCUT2D eigenvalue weighted by Crippen LogP contribution is 2.27. The second kappa shape index (κ2) is 9.04. The summed E-state index contributed by atoms with van der Waals surface area (Å²) in [6.45, 7) is 13.8. The van der Waals surface area contributed by atoms with Crippen molar-refractivity contribution in [3.8, 4) is 0 Å². The van der Waals surface area contributed by atoms with E-state index in [9.17, 15) is 4.79 Å². The monoisotopic (exact) mass is 339 g/mol. The zero-order chi connectivity index (χ0) is 17.6. The number of hydrogen-bond donors (Lipinski definition) is 1. The maximum atomic E-state index is 12.1. The fourth-order valence-corrected chi connectivity index (χ4v) is 3.72. The summed E-state index contributed by atoms with van der Waals surface area (Å²) in [5.74, 6) is 0.948. The zero-order valence-corrected chi connectivity index (χ0v) is 16.1. The van der Waals surface area contributed by atoms with Crippen molar-refractivity contribution in [1.82, 2.24) is 15.1 Å². The van der Waals surface area contributed by atoms with E-state index in [1.165, 1.54) is 32.1 Å². The number of nitrogens with zero attached hydrogens (tertiary/aromatic N) is 2. The Balaban J connectivity index is 1.54. The van der Waals surface area contributed by atoms with Crippen LogP contribution in [0.1, 0.15) is 59.8 Å². The normalized spacial score (nSPS) is 25.9. The molecule has 140 valence electrons. The van der Waals surface area contributed by atoms with Crippen molar-refractivity contribution in [2.24, 2.45) is 5.92 Å². The molecule has 0 aromatic heterocycles. The van der Waals surface area contributed by atoms with Gasteiger partial charge in [0.25, 0.3) is 0 Å². The van der Waals surface area contributed by atoms with E-state index in [4.69, 9.17) is 4.74 Å². The Bertz CT molecular complexity index is 387. The Hall–Kier alpha value is -0.810. The molecule has 0 aromatic rings. The molecule has 2 fully saturated rings. The second-order valence-electron chi connectivity index (χ2n) is 8.40. The molecule has 2 rings (SSSR count). The van der Waals surface area contributed by atoms with E-state index in [0.29, 0.717) is 0 Å². The van der Waals surface area contributed by atoms with Crippen molar-refractivity contribution >= 4 is 6.09 Å². The van der Waals surface area contributed by atoms with Gasteiger partial charge >= 0.3 is 6.09 Å². The average molecular weight is 340 g/mol. The number of nitrogens with one attached hydrogen (secondary N) is 1. The number of rotatable bonds is 6. The molecule has 0 aromatic carbocycles. The minimum Gasteiger partial charge on any atom is -0.444 e. The van der Waals surface area contributed by atoms with Gasteiger partial charge < -0.3 is 15.0 Å². The van der Waals surface area contributed by atoms with E-state index in [2.05, 4.69) is 17.1 Å². The first-order chi connectivity index (χ1) is 11.4. The SMILES string of the molecule is CCC1CCC(NCCCN2CCN(C(=O)OC(C)(C)C)CC2)C1. The standard InChI is InChI=1S/C19H37N3O2/c1-5-16-7-8-17(15-16)20-9-6-10-21-11-13-22(14-12-21)18(23)24-19(2,3)4/h16-17,20H,5-15H2,1-4H3. The van der Waals surface area contributed by atoms with Gasteiger partial charge in [-0.05, 0) is 65.5 Å².